The van der Waals surface area contributed by atoms with E-state index in [1.165, 1.54) is 21.8 Å². The van der Waals surface area contributed by atoms with Crippen molar-refractivity contribution in [2.75, 3.05) is 18.9 Å². The molecule has 0 aliphatic heterocycles. The molecule has 1 amide bonds. The molecule has 3 aromatic rings. The first-order valence-electron chi connectivity index (χ1n) is 13.7. The zero-order valence-electron chi connectivity index (χ0n) is 22.8. The number of alkyl halides is 3. The lowest BCUT2D eigenvalue weighted by Crippen LogP contribution is -2.29. The highest BCUT2D eigenvalue weighted by atomic mass is 32.1. The Morgan fingerprint density at radius 2 is 1.70 bits per heavy atom. The van der Waals surface area contributed by atoms with E-state index in [4.69, 9.17) is 5.11 Å². The van der Waals surface area contributed by atoms with Crippen molar-refractivity contribution in [3.63, 3.8) is 0 Å². The van der Waals surface area contributed by atoms with Crippen LogP contribution in [-0.4, -0.2) is 35.5 Å². The summed E-state index contributed by atoms with van der Waals surface area (Å²) in [4.78, 5) is 27.1. The van der Waals surface area contributed by atoms with Crippen LogP contribution in [0.2, 0.25) is 0 Å². The maximum absolute atomic E-state index is 13.1. The molecule has 1 fully saturated rings. The molecule has 0 spiro atoms. The van der Waals surface area contributed by atoms with Gasteiger partial charge in [-0.05, 0) is 78.8 Å². The van der Waals surface area contributed by atoms with Gasteiger partial charge in [0.1, 0.15) is 0 Å². The number of carboxylic acids is 1. The lowest BCUT2D eigenvalue weighted by Gasteiger charge is -2.32. The van der Waals surface area contributed by atoms with E-state index in [0.717, 1.165) is 60.4 Å². The van der Waals surface area contributed by atoms with Gasteiger partial charge in [0.25, 0.3) is 5.91 Å². The number of thiophene rings is 1. The zero-order chi connectivity index (χ0) is 28.9. The molecule has 1 atom stereocenters. The van der Waals surface area contributed by atoms with Crippen molar-refractivity contribution in [1.82, 2.24) is 4.90 Å². The minimum Gasteiger partial charge on any atom is -0.481 e. The summed E-state index contributed by atoms with van der Waals surface area (Å²) in [7, 11) is 1.59. The molecule has 1 unspecified atom stereocenters. The highest BCUT2D eigenvalue weighted by molar-refractivity contribution is 7.15. The average molecular weight is 573 g/mol. The van der Waals surface area contributed by atoms with E-state index >= 15 is 0 Å². The largest absolute Gasteiger partial charge is 0.481 e. The van der Waals surface area contributed by atoms with Gasteiger partial charge in [-0.15, -0.1) is 11.3 Å². The molecule has 2 N–H and O–H groups in total. The van der Waals surface area contributed by atoms with Gasteiger partial charge in [-0.1, -0.05) is 38.3 Å². The van der Waals surface area contributed by atoms with Crippen molar-refractivity contribution in [2.45, 2.75) is 64.1 Å². The maximum atomic E-state index is 13.1. The highest BCUT2D eigenvalue weighted by Gasteiger charge is 2.31. The van der Waals surface area contributed by atoms with E-state index in [-0.39, 0.29) is 24.9 Å². The van der Waals surface area contributed by atoms with E-state index in [2.05, 4.69) is 18.3 Å². The number of aliphatic carboxylic acids is 1. The maximum Gasteiger partial charge on any atom is 0.416 e. The second-order valence-corrected chi connectivity index (χ2v) is 11.5. The first-order chi connectivity index (χ1) is 19.1. The number of carbonyl (C=O) groups is 2. The molecule has 5 nitrogen and oxygen atoms in total. The predicted molar refractivity (Wildman–Crippen MR) is 153 cm³/mol. The summed E-state index contributed by atoms with van der Waals surface area (Å²) < 4.78 is 39.3. The second kappa shape index (κ2) is 12.9. The number of nitrogens with one attached hydrogen (secondary N) is 1. The lowest BCUT2D eigenvalue weighted by molar-refractivity contribution is -0.138. The van der Waals surface area contributed by atoms with Gasteiger partial charge < -0.3 is 15.3 Å². The lowest BCUT2D eigenvalue weighted by atomic mass is 9.80. The third kappa shape index (κ3) is 7.24. The van der Waals surface area contributed by atoms with Crippen LogP contribution < -0.4 is 5.32 Å². The second-order valence-electron chi connectivity index (χ2n) is 10.4. The number of hydrogen-bond acceptors (Lipinski definition) is 4. The Labute approximate surface area is 237 Å². The summed E-state index contributed by atoms with van der Waals surface area (Å²) in [5.74, 6) is -0.768. The monoisotopic (exact) mass is 572 g/mol. The molecular formula is C31H35F3N2O3S. The standard InChI is InChI=1S/C31H35F3N2O3S/c1-3-26-25(19-27(40-26)20-9-13-23(14-10-20)31(32,33)34)29(21-7-5-4-6-8-21)35-24-15-11-22(12-16-24)30(39)36(2)18-17-28(37)38/h9-16,19,21,29,35H,3-8,17-18H2,1-2H3,(H,37,38). The van der Waals surface area contributed by atoms with Gasteiger partial charge >= 0.3 is 12.1 Å². The van der Waals surface area contributed by atoms with Crippen LogP contribution in [0.25, 0.3) is 10.4 Å². The molecule has 0 saturated heterocycles. The summed E-state index contributed by atoms with van der Waals surface area (Å²) in [6.45, 7) is 2.24. The smallest absolute Gasteiger partial charge is 0.416 e. The van der Waals surface area contributed by atoms with E-state index < -0.39 is 17.7 Å². The van der Waals surface area contributed by atoms with Crippen molar-refractivity contribution < 1.29 is 27.9 Å². The van der Waals surface area contributed by atoms with Crippen LogP contribution in [0.15, 0.2) is 54.6 Å². The van der Waals surface area contributed by atoms with Crippen molar-refractivity contribution in [3.05, 3.63) is 76.2 Å². The zero-order valence-corrected chi connectivity index (χ0v) is 23.6. The molecule has 1 saturated carbocycles. The first-order valence-corrected chi connectivity index (χ1v) is 14.5. The summed E-state index contributed by atoms with van der Waals surface area (Å²) in [6, 6.07) is 14.8. The van der Waals surface area contributed by atoms with Crippen LogP contribution in [0.5, 0.6) is 0 Å². The summed E-state index contributed by atoms with van der Waals surface area (Å²) in [6.07, 6.45) is 2.08. The molecule has 40 heavy (non-hydrogen) atoms. The normalized spacial score (nSPS) is 15.0. The molecule has 0 radical (unpaired) electrons. The Morgan fingerprint density at radius 3 is 2.27 bits per heavy atom. The fraction of sp³-hybridized carbons (Fsp3) is 0.419. The van der Waals surface area contributed by atoms with Gasteiger partial charge in [-0.2, -0.15) is 13.2 Å². The average Bonchev–Trinajstić information content (AvgIpc) is 3.39. The number of anilines is 1. The molecule has 214 valence electrons. The molecule has 1 aliphatic rings. The predicted octanol–water partition coefficient (Wildman–Crippen LogP) is 8.28. The van der Waals surface area contributed by atoms with Gasteiger partial charge in [0.15, 0.2) is 0 Å². The molecule has 1 aliphatic carbocycles. The number of carboxylic acid groups (broad SMARTS) is 1. The van der Waals surface area contributed by atoms with Crippen LogP contribution in [0.3, 0.4) is 0 Å². The SMILES string of the molecule is CCc1sc(-c2ccc(C(F)(F)F)cc2)cc1C(Nc1ccc(C(=O)N(C)CCC(=O)O)cc1)C1CCCCC1. The Kier molecular flexibility index (Phi) is 9.56. The Morgan fingerprint density at radius 1 is 1.05 bits per heavy atom. The fourth-order valence-electron chi connectivity index (χ4n) is 5.34. The Balaban J connectivity index is 1.59. The van der Waals surface area contributed by atoms with Crippen molar-refractivity contribution in [1.29, 1.82) is 0 Å². The summed E-state index contributed by atoms with van der Waals surface area (Å²) in [5.41, 5.74) is 2.67. The Hall–Kier alpha value is -3.33. The third-order valence-electron chi connectivity index (χ3n) is 7.58. The molecule has 0 bridgehead atoms. The van der Waals surface area contributed by atoms with Gasteiger partial charge in [0.05, 0.1) is 18.0 Å². The minimum absolute atomic E-state index is 0.0366. The summed E-state index contributed by atoms with van der Waals surface area (Å²) in [5, 5.41) is 12.6. The molecular weight excluding hydrogens is 537 g/mol. The van der Waals surface area contributed by atoms with Crippen molar-refractivity contribution in [2.24, 2.45) is 5.92 Å². The molecule has 1 heterocycles. The number of amides is 1. The number of hydrogen-bond donors (Lipinski definition) is 2. The van der Waals surface area contributed by atoms with Gasteiger partial charge in [0, 0.05) is 34.6 Å². The third-order valence-corrected chi connectivity index (χ3v) is 8.92. The number of carbonyl (C=O) groups excluding carboxylic acids is 1. The Bertz CT molecular complexity index is 1300. The first kappa shape index (κ1) is 29.6. The van der Waals surface area contributed by atoms with E-state index in [9.17, 15) is 22.8 Å². The minimum atomic E-state index is -4.36. The van der Waals surface area contributed by atoms with Crippen LogP contribution in [0.1, 0.15) is 77.9 Å². The van der Waals surface area contributed by atoms with Crippen molar-refractivity contribution in [3.8, 4) is 10.4 Å². The number of nitrogens with zero attached hydrogens (tertiary/aromatic N) is 1. The fourth-order valence-corrected chi connectivity index (χ4v) is 6.49. The highest BCUT2D eigenvalue weighted by Crippen LogP contribution is 2.43. The quantitative estimate of drug-likeness (QED) is 0.257. The van der Waals surface area contributed by atoms with Crippen LogP contribution in [-0.2, 0) is 17.4 Å². The van der Waals surface area contributed by atoms with Gasteiger partial charge in [-0.3, -0.25) is 9.59 Å². The number of halogens is 3. The van der Waals surface area contributed by atoms with Crippen LogP contribution >= 0.6 is 11.3 Å². The van der Waals surface area contributed by atoms with Crippen molar-refractivity contribution >= 4 is 28.9 Å². The van der Waals surface area contributed by atoms with E-state index in [0.29, 0.717) is 11.5 Å². The number of benzene rings is 2. The van der Waals surface area contributed by atoms with Gasteiger partial charge in [-0.25, -0.2) is 0 Å². The van der Waals surface area contributed by atoms with E-state index in [1.54, 1.807) is 42.6 Å². The summed E-state index contributed by atoms with van der Waals surface area (Å²) >= 11 is 1.63. The molecule has 9 heteroatoms. The van der Waals surface area contributed by atoms with E-state index in [1.807, 2.05) is 12.1 Å². The topological polar surface area (TPSA) is 69.6 Å². The molecule has 4 rings (SSSR count). The van der Waals surface area contributed by atoms with Crippen LogP contribution in [0.4, 0.5) is 18.9 Å². The van der Waals surface area contributed by atoms with Gasteiger partial charge in [0.2, 0.25) is 0 Å². The molecule has 1 aromatic heterocycles. The number of aryl methyl sites for hydroxylation is 1. The van der Waals surface area contributed by atoms with Crippen LogP contribution in [0, 0.1) is 5.92 Å². The molecule has 2 aromatic carbocycles. The number of rotatable bonds is 10.